The summed E-state index contributed by atoms with van der Waals surface area (Å²) in [5.74, 6) is 0. The second kappa shape index (κ2) is 4.54. The number of aliphatic hydroxyl groups excluding tert-OH is 1. The Hall–Kier alpha value is -0.210. The van der Waals surface area contributed by atoms with E-state index in [1.54, 1.807) is 0 Å². The van der Waals surface area contributed by atoms with Gasteiger partial charge >= 0.3 is 0 Å². The number of hydrogen-bond acceptors (Lipinski definition) is 4. The van der Waals surface area contributed by atoms with Crippen molar-refractivity contribution in [2.45, 2.75) is 38.0 Å². The second-order valence-electron chi connectivity index (χ2n) is 3.65. The van der Waals surface area contributed by atoms with Crippen molar-refractivity contribution in [2.24, 2.45) is 5.73 Å². The molecule has 5 N–H and O–H groups in total. The van der Waals surface area contributed by atoms with Gasteiger partial charge in [-0.2, -0.15) is 13.1 Å². The minimum Gasteiger partial charge on any atom is -0.392 e. The van der Waals surface area contributed by atoms with Gasteiger partial charge in [0.1, 0.15) is 0 Å². The van der Waals surface area contributed by atoms with Crippen molar-refractivity contribution in [1.29, 1.82) is 0 Å². The first-order chi connectivity index (χ1) is 6.41. The first kappa shape index (κ1) is 11.9. The highest BCUT2D eigenvalue weighted by molar-refractivity contribution is 7.87. The van der Waals surface area contributed by atoms with E-state index in [1.165, 1.54) is 6.92 Å². The van der Waals surface area contributed by atoms with Crippen LogP contribution in [0.15, 0.2) is 0 Å². The fraction of sp³-hybridized carbons (Fsp3) is 1.00. The topological polar surface area (TPSA) is 104 Å². The van der Waals surface area contributed by atoms with E-state index in [0.29, 0.717) is 0 Å². The Balaban J connectivity index is 2.28. The molecule has 0 bridgehead atoms. The van der Waals surface area contributed by atoms with Gasteiger partial charge in [0.05, 0.1) is 6.10 Å². The summed E-state index contributed by atoms with van der Waals surface area (Å²) in [6.45, 7) is 1.56. The number of aliphatic hydroxyl groups is 1. The molecule has 2 unspecified atom stereocenters. The molecule has 1 saturated carbocycles. The summed E-state index contributed by atoms with van der Waals surface area (Å²) in [6.07, 6.45) is 1.06. The highest BCUT2D eigenvalue weighted by Gasteiger charge is 2.27. The monoisotopic (exact) mass is 223 g/mol. The molecule has 0 aromatic carbocycles. The molecule has 1 rings (SSSR count). The van der Waals surface area contributed by atoms with E-state index >= 15 is 0 Å². The molecule has 0 amide bonds. The molecule has 1 fully saturated rings. The van der Waals surface area contributed by atoms with Crippen LogP contribution in [0.3, 0.4) is 0 Å². The van der Waals surface area contributed by atoms with Gasteiger partial charge in [-0.25, -0.2) is 4.72 Å². The molecule has 14 heavy (non-hydrogen) atoms. The lowest BCUT2D eigenvalue weighted by molar-refractivity contribution is 0.164. The second-order valence-corrected chi connectivity index (χ2v) is 5.18. The first-order valence-corrected chi connectivity index (χ1v) is 6.09. The summed E-state index contributed by atoms with van der Waals surface area (Å²) in [4.78, 5) is 0. The van der Waals surface area contributed by atoms with Crippen molar-refractivity contribution in [3.8, 4) is 0 Å². The Bertz CT molecular complexity index is 274. The SMILES string of the molecule is CC(O)C(N)CNS(=O)(=O)NC1CC1. The Labute approximate surface area is 84.1 Å². The van der Waals surface area contributed by atoms with Gasteiger partial charge in [0.25, 0.3) is 10.2 Å². The minimum absolute atomic E-state index is 0.0414. The van der Waals surface area contributed by atoms with E-state index in [4.69, 9.17) is 10.8 Å². The molecule has 0 heterocycles. The lowest BCUT2D eigenvalue weighted by atomic mass is 10.2. The molecule has 0 aromatic heterocycles. The van der Waals surface area contributed by atoms with E-state index in [2.05, 4.69) is 9.44 Å². The minimum atomic E-state index is -3.44. The Morgan fingerprint density at radius 2 is 2.14 bits per heavy atom. The predicted octanol–water partition coefficient (Wildman–Crippen LogP) is -1.72. The van der Waals surface area contributed by atoms with Crippen molar-refractivity contribution in [3.05, 3.63) is 0 Å². The largest absolute Gasteiger partial charge is 0.392 e. The van der Waals surface area contributed by atoms with Gasteiger partial charge in [-0.05, 0) is 19.8 Å². The van der Waals surface area contributed by atoms with Crippen LogP contribution < -0.4 is 15.2 Å². The zero-order valence-electron chi connectivity index (χ0n) is 8.10. The van der Waals surface area contributed by atoms with Crippen LogP contribution in [0.5, 0.6) is 0 Å². The molecular weight excluding hydrogens is 206 g/mol. The molecule has 84 valence electrons. The average Bonchev–Trinajstić information content (AvgIpc) is 2.83. The highest BCUT2D eigenvalue weighted by Crippen LogP contribution is 2.19. The maximum absolute atomic E-state index is 11.2. The predicted molar refractivity (Wildman–Crippen MR) is 52.7 cm³/mol. The van der Waals surface area contributed by atoms with Crippen LogP contribution >= 0.6 is 0 Å². The maximum Gasteiger partial charge on any atom is 0.277 e. The molecule has 0 saturated heterocycles. The molecule has 6 nitrogen and oxygen atoms in total. The number of rotatable bonds is 6. The van der Waals surface area contributed by atoms with Crippen LogP contribution in [0.2, 0.25) is 0 Å². The third-order valence-electron chi connectivity index (χ3n) is 2.03. The van der Waals surface area contributed by atoms with Crippen LogP contribution in [-0.2, 0) is 10.2 Å². The zero-order chi connectivity index (χ0) is 10.8. The van der Waals surface area contributed by atoms with Crippen LogP contribution in [0, 0.1) is 0 Å². The van der Waals surface area contributed by atoms with Gasteiger partial charge < -0.3 is 10.8 Å². The van der Waals surface area contributed by atoms with Crippen molar-refractivity contribution in [2.75, 3.05) is 6.54 Å². The smallest absolute Gasteiger partial charge is 0.277 e. The molecule has 0 spiro atoms. The molecule has 0 aliphatic heterocycles. The van der Waals surface area contributed by atoms with Gasteiger partial charge in [-0.1, -0.05) is 0 Å². The quantitative estimate of drug-likeness (QED) is 0.430. The Morgan fingerprint density at radius 3 is 2.57 bits per heavy atom. The zero-order valence-corrected chi connectivity index (χ0v) is 8.92. The third kappa shape index (κ3) is 4.34. The van der Waals surface area contributed by atoms with Gasteiger partial charge in [0.2, 0.25) is 0 Å². The summed E-state index contributed by atoms with van der Waals surface area (Å²) in [5, 5.41) is 9.03. The third-order valence-corrected chi connectivity index (χ3v) is 3.22. The average molecular weight is 223 g/mol. The summed E-state index contributed by atoms with van der Waals surface area (Å²) < 4.78 is 27.2. The Morgan fingerprint density at radius 1 is 1.57 bits per heavy atom. The molecular formula is C7H17N3O3S. The molecule has 2 atom stereocenters. The number of hydrogen-bond donors (Lipinski definition) is 4. The van der Waals surface area contributed by atoms with E-state index in [9.17, 15) is 8.42 Å². The molecule has 0 radical (unpaired) electrons. The van der Waals surface area contributed by atoms with Crippen LogP contribution in [-0.4, -0.2) is 38.3 Å². The summed E-state index contributed by atoms with van der Waals surface area (Å²) in [6, 6.07) is -0.499. The summed E-state index contributed by atoms with van der Waals surface area (Å²) in [7, 11) is -3.44. The van der Waals surface area contributed by atoms with Gasteiger partial charge in [0.15, 0.2) is 0 Å². The van der Waals surface area contributed by atoms with Crippen LogP contribution in [0.4, 0.5) is 0 Å². The fourth-order valence-corrected chi connectivity index (χ4v) is 2.01. The molecule has 0 aromatic rings. The highest BCUT2D eigenvalue weighted by atomic mass is 32.2. The van der Waals surface area contributed by atoms with Crippen molar-refractivity contribution < 1.29 is 13.5 Å². The van der Waals surface area contributed by atoms with E-state index < -0.39 is 22.4 Å². The number of nitrogens with two attached hydrogens (primary N) is 1. The normalized spacial score (nSPS) is 21.9. The maximum atomic E-state index is 11.2. The van der Waals surface area contributed by atoms with E-state index in [1.807, 2.05) is 0 Å². The fourth-order valence-electron chi connectivity index (χ4n) is 0.839. The van der Waals surface area contributed by atoms with Crippen LogP contribution in [0.1, 0.15) is 19.8 Å². The molecule has 1 aliphatic carbocycles. The summed E-state index contributed by atoms with van der Waals surface area (Å²) in [5.41, 5.74) is 5.47. The number of nitrogens with one attached hydrogen (secondary N) is 2. The molecule has 1 aliphatic rings. The molecule has 7 heteroatoms. The Kier molecular flexibility index (Phi) is 3.85. The van der Waals surface area contributed by atoms with Gasteiger partial charge in [-0.3, -0.25) is 0 Å². The van der Waals surface area contributed by atoms with Crippen molar-refractivity contribution in [1.82, 2.24) is 9.44 Å². The lowest BCUT2D eigenvalue weighted by Gasteiger charge is -2.15. The lowest BCUT2D eigenvalue weighted by Crippen LogP contribution is -2.47. The van der Waals surface area contributed by atoms with Gasteiger partial charge in [0, 0.05) is 18.6 Å². The van der Waals surface area contributed by atoms with Crippen LogP contribution in [0.25, 0.3) is 0 Å². The van der Waals surface area contributed by atoms with Crippen molar-refractivity contribution >= 4 is 10.2 Å². The van der Waals surface area contributed by atoms with E-state index in [0.717, 1.165) is 12.8 Å². The summed E-state index contributed by atoms with van der Waals surface area (Å²) >= 11 is 0. The standard InChI is InChI=1S/C7H17N3O3S/c1-5(11)7(8)4-9-14(12,13)10-6-2-3-6/h5-7,9-11H,2-4,8H2,1H3. The van der Waals surface area contributed by atoms with Crippen molar-refractivity contribution in [3.63, 3.8) is 0 Å². The first-order valence-electron chi connectivity index (χ1n) is 4.61. The van der Waals surface area contributed by atoms with E-state index in [-0.39, 0.29) is 12.6 Å². The van der Waals surface area contributed by atoms with Gasteiger partial charge in [-0.15, -0.1) is 0 Å².